The van der Waals surface area contributed by atoms with Gasteiger partial charge in [0.05, 0.1) is 16.0 Å². The molecule has 0 unspecified atom stereocenters. The Hall–Kier alpha value is -1.97. The van der Waals surface area contributed by atoms with Crippen molar-refractivity contribution in [3.63, 3.8) is 0 Å². The minimum Gasteiger partial charge on any atom is -0.383 e. The maximum absolute atomic E-state index is 6.38. The van der Waals surface area contributed by atoms with Crippen LogP contribution in [0.4, 0.5) is 5.82 Å². The van der Waals surface area contributed by atoms with E-state index < -0.39 is 0 Å². The van der Waals surface area contributed by atoms with Crippen molar-refractivity contribution in [3.05, 3.63) is 33.8 Å². The molecule has 4 aromatic rings. The minimum atomic E-state index is 0.626. The van der Waals surface area contributed by atoms with Crippen LogP contribution in [-0.2, 0) is 25.1 Å². The van der Waals surface area contributed by atoms with Crippen LogP contribution < -0.4 is 5.73 Å². The van der Waals surface area contributed by atoms with Gasteiger partial charge in [0.15, 0.2) is 11.0 Å². The first kappa shape index (κ1) is 19.0. The number of nitrogens with zero attached hydrogens (tertiary/aromatic N) is 5. The van der Waals surface area contributed by atoms with Gasteiger partial charge in [0.1, 0.15) is 16.5 Å². The molecule has 0 fully saturated rings. The Morgan fingerprint density at radius 3 is 2.90 bits per heavy atom. The third-order valence-electron chi connectivity index (χ3n) is 5.24. The molecule has 0 radical (unpaired) electrons. The molecule has 0 saturated heterocycles. The van der Waals surface area contributed by atoms with Gasteiger partial charge in [-0.25, -0.2) is 9.97 Å². The second-order valence-corrected chi connectivity index (χ2v) is 10.1. The van der Waals surface area contributed by atoms with Crippen LogP contribution in [0.3, 0.4) is 0 Å². The molecule has 0 atom stereocenters. The number of thioether (sulfide) groups is 1. The average molecular weight is 443 g/mol. The maximum atomic E-state index is 6.38. The van der Waals surface area contributed by atoms with Gasteiger partial charge in [-0.15, -0.1) is 32.9 Å². The number of nitrogen functional groups attached to an aromatic ring is 1. The summed E-state index contributed by atoms with van der Waals surface area (Å²) in [7, 11) is 0. The van der Waals surface area contributed by atoms with Gasteiger partial charge in [0, 0.05) is 11.4 Å². The highest BCUT2D eigenvalue weighted by Crippen LogP contribution is 2.37. The van der Waals surface area contributed by atoms with E-state index in [9.17, 15) is 0 Å². The van der Waals surface area contributed by atoms with E-state index in [1.807, 2.05) is 6.07 Å². The first-order valence-electron chi connectivity index (χ1n) is 9.91. The summed E-state index contributed by atoms with van der Waals surface area (Å²) in [5, 5.41) is 12.9. The number of aryl methyl sites for hydroxylation is 2. The Morgan fingerprint density at radius 2 is 2.07 bits per heavy atom. The molecule has 5 rings (SSSR count). The molecular formula is C20H22N6S3. The first-order valence-corrected chi connectivity index (χ1v) is 12.6. The predicted molar refractivity (Wildman–Crippen MR) is 122 cm³/mol. The summed E-state index contributed by atoms with van der Waals surface area (Å²) in [6.07, 6.45) is 6.03. The number of aromatic nitrogens is 5. The molecule has 4 aromatic heterocycles. The van der Waals surface area contributed by atoms with Gasteiger partial charge in [-0.2, -0.15) is 0 Å². The molecule has 0 spiro atoms. The Bertz CT molecular complexity index is 1150. The van der Waals surface area contributed by atoms with Crippen molar-refractivity contribution >= 4 is 50.5 Å². The van der Waals surface area contributed by atoms with Crippen molar-refractivity contribution < 1.29 is 0 Å². The van der Waals surface area contributed by atoms with Gasteiger partial charge >= 0.3 is 0 Å². The summed E-state index contributed by atoms with van der Waals surface area (Å²) in [6, 6.07) is 4.11. The normalized spacial score (nSPS) is 14.2. The van der Waals surface area contributed by atoms with Gasteiger partial charge in [0.25, 0.3) is 0 Å². The average Bonchev–Trinajstić information content (AvgIpc) is 3.42. The Morgan fingerprint density at radius 1 is 1.17 bits per heavy atom. The van der Waals surface area contributed by atoms with Crippen LogP contribution in [0.1, 0.15) is 42.5 Å². The molecule has 9 heteroatoms. The highest BCUT2D eigenvalue weighted by atomic mass is 32.2. The first-order chi connectivity index (χ1) is 14.2. The summed E-state index contributed by atoms with van der Waals surface area (Å²) in [4.78, 5) is 13.1. The van der Waals surface area contributed by atoms with E-state index in [-0.39, 0.29) is 0 Å². The lowest BCUT2D eigenvalue weighted by Crippen LogP contribution is -2.02. The number of hydrogen-bond donors (Lipinski definition) is 1. The Kier molecular flexibility index (Phi) is 5.28. The Balaban J connectivity index is 1.42. The van der Waals surface area contributed by atoms with Crippen molar-refractivity contribution in [2.24, 2.45) is 0 Å². The topological polar surface area (TPSA) is 82.5 Å². The van der Waals surface area contributed by atoms with Crippen LogP contribution in [0.25, 0.3) is 20.9 Å². The quantitative estimate of drug-likeness (QED) is 0.339. The van der Waals surface area contributed by atoms with Crippen LogP contribution in [0.2, 0.25) is 0 Å². The molecule has 0 aromatic carbocycles. The van der Waals surface area contributed by atoms with Crippen molar-refractivity contribution in [3.8, 4) is 10.7 Å². The second-order valence-electron chi connectivity index (χ2n) is 7.09. The van der Waals surface area contributed by atoms with Crippen molar-refractivity contribution in [2.75, 3.05) is 5.73 Å². The van der Waals surface area contributed by atoms with Gasteiger partial charge in [-0.3, -0.25) is 0 Å². The van der Waals surface area contributed by atoms with E-state index in [4.69, 9.17) is 10.7 Å². The highest BCUT2D eigenvalue weighted by molar-refractivity contribution is 7.98. The third-order valence-corrected chi connectivity index (χ3v) is 8.26. The zero-order valence-electron chi connectivity index (χ0n) is 16.2. The van der Waals surface area contributed by atoms with Gasteiger partial charge < -0.3 is 10.3 Å². The molecule has 6 nitrogen and oxygen atoms in total. The van der Waals surface area contributed by atoms with Crippen LogP contribution in [0.5, 0.6) is 0 Å². The summed E-state index contributed by atoms with van der Waals surface area (Å²) >= 11 is 5.10. The zero-order valence-corrected chi connectivity index (χ0v) is 18.7. The fourth-order valence-electron chi connectivity index (χ4n) is 3.87. The molecule has 0 saturated carbocycles. The minimum absolute atomic E-state index is 0.626. The fraction of sp³-hybridized carbons (Fsp3) is 0.400. The summed E-state index contributed by atoms with van der Waals surface area (Å²) in [5.74, 6) is 2.94. The van der Waals surface area contributed by atoms with Crippen LogP contribution in [-0.4, -0.2) is 24.7 Å². The lowest BCUT2D eigenvalue weighted by molar-refractivity contribution is 0.688. The highest BCUT2D eigenvalue weighted by Gasteiger charge is 2.20. The Labute approximate surface area is 181 Å². The molecule has 1 aliphatic rings. The molecule has 29 heavy (non-hydrogen) atoms. The number of rotatable bonds is 5. The lowest BCUT2D eigenvalue weighted by Gasteiger charge is -2.07. The van der Waals surface area contributed by atoms with E-state index in [2.05, 4.69) is 38.1 Å². The summed E-state index contributed by atoms with van der Waals surface area (Å²) < 4.78 is 2.14. The standard InChI is InChI=1S/C20H22N6S3/c1-2-26-18(14-9-6-10-27-14)24-25-20(26)28-11-15-22-17(21)16-12-7-4-3-5-8-13(12)29-19(16)23-15/h6,9-10H,2-5,7-8,11H2,1H3,(H2,21,22,23). The number of hydrogen-bond acceptors (Lipinski definition) is 8. The largest absolute Gasteiger partial charge is 0.383 e. The van der Waals surface area contributed by atoms with E-state index in [0.29, 0.717) is 11.6 Å². The fourth-order valence-corrected chi connectivity index (χ4v) is 6.73. The molecule has 0 aliphatic heterocycles. The molecule has 0 bridgehead atoms. The predicted octanol–water partition coefficient (Wildman–Crippen LogP) is 5.17. The van der Waals surface area contributed by atoms with E-state index in [1.165, 1.54) is 29.7 Å². The van der Waals surface area contributed by atoms with Gasteiger partial charge in [0.2, 0.25) is 0 Å². The number of thiophene rings is 2. The second kappa shape index (κ2) is 8.04. The molecule has 2 N–H and O–H groups in total. The zero-order chi connectivity index (χ0) is 19.8. The number of nitrogens with two attached hydrogens (primary N) is 1. The van der Waals surface area contributed by atoms with Crippen LogP contribution in [0, 0.1) is 0 Å². The monoisotopic (exact) mass is 442 g/mol. The maximum Gasteiger partial charge on any atom is 0.191 e. The van der Waals surface area contributed by atoms with Crippen LogP contribution >= 0.6 is 34.4 Å². The molecule has 0 amide bonds. The van der Waals surface area contributed by atoms with Crippen molar-refractivity contribution in [1.82, 2.24) is 24.7 Å². The molecule has 1 aliphatic carbocycles. The summed E-state index contributed by atoms with van der Waals surface area (Å²) in [5.41, 5.74) is 7.78. The summed E-state index contributed by atoms with van der Waals surface area (Å²) in [6.45, 7) is 2.94. The van der Waals surface area contributed by atoms with Gasteiger partial charge in [-0.1, -0.05) is 24.2 Å². The smallest absolute Gasteiger partial charge is 0.191 e. The van der Waals surface area contributed by atoms with E-state index >= 15 is 0 Å². The molecule has 4 heterocycles. The lowest BCUT2D eigenvalue weighted by atomic mass is 10.1. The SMILES string of the molecule is CCn1c(SCc2nc(N)c3c4c(sc3n2)CCCCC4)nnc1-c1cccs1. The van der Waals surface area contributed by atoms with Crippen molar-refractivity contribution in [2.45, 2.75) is 56.5 Å². The van der Waals surface area contributed by atoms with E-state index in [0.717, 1.165) is 51.3 Å². The molecular weight excluding hydrogens is 420 g/mol. The van der Waals surface area contributed by atoms with Gasteiger partial charge in [-0.05, 0) is 49.6 Å². The van der Waals surface area contributed by atoms with Crippen LogP contribution in [0.15, 0.2) is 22.7 Å². The molecule has 150 valence electrons. The number of fused-ring (bicyclic) bond motifs is 3. The van der Waals surface area contributed by atoms with E-state index in [1.54, 1.807) is 34.4 Å². The third kappa shape index (κ3) is 3.55. The van der Waals surface area contributed by atoms with Crippen molar-refractivity contribution in [1.29, 1.82) is 0 Å². The number of anilines is 1.